The van der Waals surface area contributed by atoms with Crippen molar-refractivity contribution in [2.24, 2.45) is 0 Å². The Bertz CT molecular complexity index is 1220. The van der Waals surface area contributed by atoms with E-state index < -0.39 is 18.0 Å². The normalized spacial score (nSPS) is 11.6. The lowest BCUT2D eigenvalue weighted by Crippen LogP contribution is -2.13. The van der Waals surface area contributed by atoms with Gasteiger partial charge in [-0.2, -0.15) is 13.2 Å². The third kappa shape index (κ3) is 3.97. The fourth-order valence-electron chi connectivity index (χ4n) is 3.02. The van der Waals surface area contributed by atoms with Gasteiger partial charge in [0.15, 0.2) is 0 Å². The van der Waals surface area contributed by atoms with Crippen LogP contribution in [0.15, 0.2) is 60.0 Å². The minimum atomic E-state index is -4.63. The maximum Gasteiger partial charge on any atom is 0.451 e. The Morgan fingerprint density at radius 2 is 1.77 bits per heavy atom. The van der Waals surface area contributed by atoms with Gasteiger partial charge in [-0.05, 0) is 34.2 Å². The molecular weight excluding hydrogens is 415 g/mol. The van der Waals surface area contributed by atoms with E-state index in [9.17, 15) is 23.1 Å². The number of anilines is 1. The molecule has 9 heteroatoms. The summed E-state index contributed by atoms with van der Waals surface area (Å²) in [6, 6.07) is 15.3. The number of hydrogen-bond acceptors (Lipinski definition) is 5. The van der Waals surface area contributed by atoms with Crippen LogP contribution < -0.4 is 5.32 Å². The molecule has 0 amide bonds. The summed E-state index contributed by atoms with van der Waals surface area (Å²) in [5, 5.41) is 14.0. The number of alkyl halides is 3. The standard InChI is InChI=1S/C21H14F3N3O2S/c22-21(23,24)20-26-16-9-10-30-17(16)18(27-20)25-11-12-5-7-13(8-6-12)14-3-1-2-4-15(14)19(28)29/h1-10H,11H2,(H,28,29)(H,25,26,27). The van der Waals surface area contributed by atoms with Crippen LogP contribution in [0.3, 0.4) is 0 Å². The number of fused-ring (bicyclic) bond motifs is 1. The van der Waals surface area contributed by atoms with Crippen molar-refractivity contribution in [2.45, 2.75) is 12.7 Å². The summed E-state index contributed by atoms with van der Waals surface area (Å²) in [6.45, 7) is 0.252. The van der Waals surface area contributed by atoms with E-state index in [1.54, 1.807) is 47.8 Å². The van der Waals surface area contributed by atoms with Gasteiger partial charge < -0.3 is 10.4 Å². The zero-order chi connectivity index (χ0) is 21.3. The topological polar surface area (TPSA) is 75.1 Å². The van der Waals surface area contributed by atoms with E-state index in [1.165, 1.54) is 23.5 Å². The highest BCUT2D eigenvalue weighted by Gasteiger charge is 2.35. The van der Waals surface area contributed by atoms with Crippen LogP contribution in [-0.2, 0) is 12.7 Å². The van der Waals surface area contributed by atoms with Gasteiger partial charge in [0, 0.05) is 6.54 Å². The third-order valence-corrected chi connectivity index (χ3v) is 5.35. The number of thiophene rings is 1. The Kier molecular flexibility index (Phi) is 5.13. The molecule has 0 spiro atoms. The van der Waals surface area contributed by atoms with Crippen molar-refractivity contribution in [3.05, 3.63) is 76.9 Å². The Morgan fingerprint density at radius 1 is 1.03 bits per heavy atom. The molecule has 0 saturated heterocycles. The summed E-state index contributed by atoms with van der Waals surface area (Å²) in [6.07, 6.45) is -4.63. The van der Waals surface area contributed by atoms with Crippen LogP contribution in [0.1, 0.15) is 21.7 Å². The number of aromatic nitrogens is 2. The molecule has 0 aliphatic carbocycles. The molecule has 0 bridgehead atoms. The van der Waals surface area contributed by atoms with E-state index in [0.717, 1.165) is 11.1 Å². The molecule has 2 N–H and O–H groups in total. The van der Waals surface area contributed by atoms with Gasteiger partial charge in [0.25, 0.3) is 0 Å². The van der Waals surface area contributed by atoms with Crippen LogP contribution in [0.25, 0.3) is 21.3 Å². The highest BCUT2D eigenvalue weighted by atomic mass is 32.1. The number of carbonyl (C=O) groups is 1. The first-order valence-corrected chi connectivity index (χ1v) is 9.69. The number of nitrogens with one attached hydrogen (secondary N) is 1. The van der Waals surface area contributed by atoms with Crippen molar-refractivity contribution in [1.82, 2.24) is 9.97 Å². The molecule has 0 aliphatic heterocycles. The number of nitrogens with zero attached hydrogens (tertiary/aromatic N) is 2. The van der Waals surface area contributed by atoms with E-state index in [2.05, 4.69) is 15.3 Å². The third-order valence-electron chi connectivity index (χ3n) is 4.44. The largest absolute Gasteiger partial charge is 0.478 e. The smallest absolute Gasteiger partial charge is 0.451 e. The molecular formula is C21H14F3N3O2S. The van der Waals surface area contributed by atoms with E-state index in [4.69, 9.17) is 0 Å². The molecule has 0 radical (unpaired) electrons. The minimum absolute atomic E-state index is 0.127. The van der Waals surface area contributed by atoms with Gasteiger partial charge in [0.1, 0.15) is 5.82 Å². The average molecular weight is 429 g/mol. The van der Waals surface area contributed by atoms with E-state index in [0.29, 0.717) is 10.3 Å². The predicted octanol–water partition coefficient (Wildman–Crippen LogP) is 5.69. The molecule has 2 heterocycles. The fourth-order valence-corrected chi connectivity index (χ4v) is 3.82. The monoisotopic (exact) mass is 429 g/mol. The highest BCUT2D eigenvalue weighted by Crippen LogP contribution is 2.33. The summed E-state index contributed by atoms with van der Waals surface area (Å²) in [4.78, 5) is 18.6. The van der Waals surface area contributed by atoms with Crippen LogP contribution in [0, 0.1) is 0 Å². The van der Waals surface area contributed by atoms with Crippen molar-refractivity contribution in [2.75, 3.05) is 5.32 Å². The molecule has 2 aromatic heterocycles. The molecule has 2 aromatic carbocycles. The van der Waals surface area contributed by atoms with Gasteiger partial charge in [-0.3, -0.25) is 0 Å². The maximum absolute atomic E-state index is 13.1. The maximum atomic E-state index is 13.1. The van der Waals surface area contributed by atoms with Crippen molar-refractivity contribution < 1.29 is 23.1 Å². The Hall–Kier alpha value is -3.46. The van der Waals surface area contributed by atoms with E-state index in [1.807, 2.05) is 0 Å². The zero-order valence-electron chi connectivity index (χ0n) is 15.3. The van der Waals surface area contributed by atoms with Gasteiger partial charge in [-0.1, -0.05) is 42.5 Å². The SMILES string of the molecule is O=C(O)c1ccccc1-c1ccc(CNc2nc(C(F)(F)F)nc3ccsc23)cc1. The molecule has 0 aliphatic rings. The predicted molar refractivity (Wildman–Crippen MR) is 109 cm³/mol. The Balaban J connectivity index is 1.57. The minimum Gasteiger partial charge on any atom is -0.478 e. The van der Waals surface area contributed by atoms with Crippen LogP contribution in [0.2, 0.25) is 0 Å². The van der Waals surface area contributed by atoms with Gasteiger partial charge in [-0.15, -0.1) is 11.3 Å². The van der Waals surface area contributed by atoms with Gasteiger partial charge in [0.05, 0.1) is 15.8 Å². The summed E-state index contributed by atoms with van der Waals surface area (Å²) in [5.41, 5.74) is 2.58. The zero-order valence-corrected chi connectivity index (χ0v) is 16.1. The van der Waals surface area contributed by atoms with E-state index in [-0.39, 0.29) is 23.4 Å². The van der Waals surface area contributed by atoms with Crippen LogP contribution in [0.5, 0.6) is 0 Å². The Labute approximate surface area is 172 Å². The molecule has 30 heavy (non-hydrogen) atoms. The lowest BCUT2D eigenvalue weighted by Gasteiger charge is -2.11. The number of carboxylic acids is 1. The summed E-state index contributed by atoms with van der Waals surface area (Å²) >= 11 is 1.26. The molecule has 0 fully saturated rings. The fraction of sp³-hybridized carbons (Fsp3) is 0.0952. The van der Waals surface area contributed by atoms with Crippen molar-refractivity contribution >= 4 is 33.3 Å². The molecule has 4 aromatic rings. The van der Waals surface area contributed by atoms with Gasteiger partial charge in [0.2, 0.25) is 5.82 Å². The van der Waals surface area contributed by atoms with Crippen molar-refractivity contribution in [3.8, 4) is 11.1 Å². The van der Waals surface area contributed by atoms with Gasteiger partial charge in [-0.25, -0.2) is 14.8 Å². The number of aromatic carboxylic acids is 1. The molecule has 5 nitrogen and oxygen atoms in total. The van der Waals surface area contributed by atoms with E-state index >= 15 is 0 Å². The summed E-state index contributed by atoms with van der Waals surface area (Å²) in [7, 11) is 0. The number of rotatable bonds is 5. The number of halogens is 3. The molecule has 152 valence electrons. The van der Waals surface area contributed by atoms with Crippen molar-refractivity contribution in [3.63, 3.8) is 0 Å². The van der Waals surface area contributed by atoms with Gasteiger partial charge >= 0.3 is 12.1 Å². The highest BCUT2D eigenvalue weighted by molar-refractivity contribution is 7.17. The number of hydrogen-bond donors (Lipinski definition) is 2. The number of benzene rings is 2. The second-order valence-electron chi connectivity index (χ2n) is 6.43. The second kappa shape index (κ2) is 7.75. The molecule has 0 saturated carbocycles. The molecule has 4 rings (SSSR count). The first-order chi connectivity index (χ1) is 14.3. The Morgan fingerprint density at radius 3 is 2.47 bits per heavy atom. The lowest BCUT2D eigenvalue weighted by molar-refractivity contribution is -0.144. The molecule has 0 atom stereocenters. The van der Waals surface area contributed by atoms with Crippen LogP contribution >= 0.6 is 11.3 Å². The average Bonchev–Trinajstić information content (AvgIpc) is 3.20. The quantitative estimate of drug-likeness (QED) is 0.426. The second-order valence-corrected chi connectivity index (χ2v) is 7.35. The van der Waals surface area contributed by atoms with Crippen LogP contribution in [0.4, 0.5) is 19.0 Å². The number of carboxylic acid groups (broad SMARTS) is 1. The van der Waals surface area contributed by atoms with Crippen LogP contribution in [-0.4, -0.2) is 21.0 Å². The summed E-state index contributed by atoms with van der Waals surface area (Å²) < 4.78 is 39.8. The first-order valence-electron chi connectivity index (χ1n) is 8.81. The molecule has 0 unspecified atom stereocenters. The lowest BCUT2D eigenvalue weighted by atomic mass is 9.99. The first kappa shape index (κ1) is 19.8. The summed E-state index contributed by atoms with van der Waals surface area (Å²) in [5.74, 6) is -2.07. The van der Waals surface area contributed by atoms with Crippen molar-refractivity contribution in [1.29, 1.82) is 0 Å².